The Kier molecular flexibility index (Phi) is 4.69. The van der Waals surface area contributed by atoms with Crippen molar-refractivity contribution in [1.29, 1.82) is 0 Å². The molecule has 1 unspecified atom stereocenters. The minimum atomic E-state index is -3.09. The summed E-state index contributed by atoms with van der Waals surface area (Å²) >= 11 is 0. The van der Waals surface area contributed by atoms with E-state index in [1.807, 2.05) is 0 Å². The SMILES string of the molecule is CS(=O)(=O)N1CCCC(CNCC(N)=O)C1. The number of sulfonamides is 1. The van der Waals surface area contributed by atoms with E-state index < -0.39 is 15.9 Å². The lowest BCUT2D eigenvalue weighted by molar-refractivity contribution is -0.117. The predicted molar refractivity (Wildman–Crippen MR) is 61.2 cm³/mol. The first kappa shape index (κ1) is 13.4. The maximum Gasteiger partial charge on any atom is 0.231 e. The average molecular weight is 249 g/mol. The van der Waals surface area contributed by atoms with Crippen LogP contribution in [0.2, 0.25) is 0 Å². The van der Waals surface area contributed by atoms with E-state index in [2.05, 4.69) is 5.32 Å². The monoisotopic (exact) mass is 249 g/mol. The van der Waals surface area contributed by atoms with Gasteiger partial charge in [0.05, 0.1) is 12.8 Å². The van der Waals surface area contributed by atoms with Crippen molar-refractivity contribution in [3.8, 4) is 0 Å². The molecule has 0 spiro atoms. The number of primary amides is 1. The normalized spacial score (nSPS) is 23.2. The van der Waals surface area contributed by atoms with Crippen molar-refractivity contribution in [3.63, 3.8) is 0 Å². The molecule has 1 aliphatic heterocycles. The topological polar surface area (TPSA) is 92.5 Å². The summed E-state index contributed by atoms with van der Waals surface area (Å²) in [5, 5.41) is 2.93. The fraction of sp³-hybridized carbons (Fsp3) is 0.889. The van der Waals surface area contributed by atoms with Gasteiger partial charge in [0, 0.05) is 13.1 Å². The number of nitrogens with zero attached hydrogens (tertiary/aromatic N) is 1. The summed E-state index contributed by atoms with van der Waals surface area (Å²) in [5.41, 5.74) is 5.00. The fourth-order valence-electron chi connectivity index (χ4n) is 1.89. The smallest absolute Gasteiger partial charge is 0.231 e. The van der Waals surface area contributed by atoms with E-state index in [9.17, 15) is 13.2 Å². The Morgan fingerprint density at radius 3 is 2.81 bits per heavy atom. The lowest BCUT2D eigenvalue weighted by Crippen LogP contribution is -2.43. The first-order valence-electron chi connectivity index (χ1n) is 5.33. The van der Waals surface area contributed by atoms with Crippen LogP contribution in [0.1, 0.15) is 12.8 Å². The molecule has 0 saturated carbocycles. The molecule has 1 heterocycles. The average Bonchev–Trinajstić information content (AvgIpc) is 2.16. The predicted octanol–water partition coefficient (Wildman–Crippen LogP) is -1.27. The highest BCUT2D eigenvalue weighted by molar-refractivity contribution is 7.88. The minimum absolute atomic E-state index is 0.148. The highest BCUT2D eigenvalue weighted by Gasteiger charge is 2.25. The van der Waals surface area contributed by atoms with Crippen molar-refractivity contribution in [2.45, 2.75) is 12.8 Å². The fourth-order valence-corrected chi connectivity index (χ4v) is 2.84. The van der Waals surface area contributed by atoms with Gasteiger partial charge in [0.1, 0.15) is 0 Å². The summed E-state index contributed by atoms with van der Waals surface area (Å²) in [4.78, 5) is 10.5. The second-order valence-electron chi connectivity index (χ2n) is 4.23. The van der Waals surface area contributed by atoms with Gasteiger partial charge in [0.15, 0.2) is 0 Å². The molecular weight excluding hydrogens is 230 g/mol. The molecular formula is C9H19N3O3S. The van der Waals surface area contributed by atoms with Gasteiger partial charge in [-0.15, -0.1) is 0 Å². The van der Waals surface area contributed by atoms with Crippen molar-refractivity contribution in [2.75, 3.05) is 32.4 Å². The van der Waals surface area contributed by atoms with E-state index in [0.717, 1.165) is 12.8 Å². The van der Waals surface area contributed by atoms with Crippen LogP contribution in [0.25, 0.3) is 0 Å². The van der Waals surface area contributed by atoms with Crippen LogP contribution >= 0.6 is 0 Å². The summed E-state index contributed by atoms with van der Waals surface area (Å²) in [5.74, 6) is -0.126. The van der Waals surface area contributed by atoms with E-state index in [1.54, 1.807) is 0 Å². The third-order valence-corrected chi connectivity index (χ3v) is 3.95. The number of piperidine rings is 1. The molecule has 1 saturated heterocycles. The van der Waals surface area contributed by atoms with Gasteiger partial charge in [-0.3, -0.25) is 4.79 Å². The molecule has 1 amide bonds. The molecule has 1 rings (SSSR count). The van der Waals surface area contributed by atoms with Crippen molar-refractivity contribution in [3.05, 3.63) is 0 Å². The Balaban J connectivity index is 2.36. The molecule has 7 heteroatoms. The van der Waals surface area contributed by atoms with E-state index in [4.69, 9.17) is 5.73 Å². The van der Waals surface area contributed by atoms with Crippen molar-refractivity contribution in [1.82, 2.24) is 9.62 Å². The molecule has 1 atom stereocenters. The Bertz CT molecular complexity index is 342. The van der Waals surface area contributed by atoms with E-state index >= 15 is 0 Å². The Labute approximate surface area is 96.2 Å². The third-order valence-electron chi connectivity index (χ3n) is 2.68. The zero-order valence-corrected chi connectivity index (χ0v) is 10.3. The number of carbonyl (C=O) groups excluding carboxylic acids is 1. The summed E-state index contributed by atoms with van der Waals surface area (Å²) in [7, 11) is -3.09. The van der Waals surface area contributed by atoms with Crippen molar-refractivity contribution in [2.24, 2.45) is 11.7 Å². The molecule has 94 valence electrons. The summed E-state index contributed by atoms with van der Waals surface area (Å²) in [6.45, 7) is 1.92. The summed E-state index contributed by atoms with van der Waals surface area (Å²) in [6, 6.07) is 0. The van der Waals surface area contributed by atoms with Gasteiger partial charge in [0.2, 0.25) is 15.9 Å². The van der Waals surface area contributed by atoms with Crippen molar-refractivity contribution < 1.29 is 13.2 Å². The first-order chi connectivity index (χ1) is 7.39. The summed E-state index contributed by atoms with van der Waals surface area (Å²) in [6.07, 6.45) is 3.08. The van der Waals surface area contributed by atoms with Gasteiger partial charge < -0.3 is 11.1 Å². The van der Waals surface area contributed by atoms with Crippen LogP contribution in [0.15, 0.2) is 0 Å². The van der Waals surface area contributed by atoms with Crippen LogP contribution in [0.3, 0.4) is 0 Å². The number of rotatable bonds is 5. The number of hydrogen-bond donors (Lipinski definition) is 2. The van der Waals surface area contributed by atoms with Gasteiger partial charge in [-0.25, -0.2) is 12.7 Å². The maximum absolute atomic E-state index is 11.3. The van der Waals surface area contributed by atoms with Gasteiger partial charge in [-0.1, -0.05) is 0 Å². The lowest BCUT2D eigenvalue weighted by atomic mass is 10.00. The number of nitrogens with two attached hydrogens (primary N) is 1. The molecule has 3 N–H and O–H groups in total. The van der Waals surface area contributed by atoms with Crippen LogP contribution in [0.5, 0.6) is 0 Å². The number of carbonyl (C=O) groups is 1. The number of nitrogens with one attached hydrogen (secondary N) is 1. The molecule has 1 aliphatic rings. The first-order valence-corrected chi connectivity index (χ1v) is 7.18. The van der Waals surface area contributed by atoms with Gasteiger partial charge >= 0.3 is 0 Å². The van der Waals surface area contributed by atoms with E-state index in [0.29, 0.717) is 19.6 Å². The largest absolute Gasteiger partial charge is 0.369 e. The van der Waals surface area contributed by atoms with Gasteiger partial charge in [0.25, 0.3) is 0 Å². The molecule has 0 aromatic rings. The summed E-state index contributed by atoms with van der Waals surface area (Å²) < 4.78 is 24.2. The Morgan fingerprint density at radius 1 is 1.56 bits per heavy atom. The van der Waals surface area contributed by atoms with E-state index in [-0.39, 0.29) is 12.5 Å². The second-order valence-corrected chi connectivity index (χ2v) is 6.21. The lowest BCUT2D eigenvalue weighted by Gasteiger charge is -2.30. The van der Waals surface area contributed by atoms with Crippen LogP contribution in [0.4, 0.5) is 0 Å². The molecule has 1 fully saturated rings. The van der Waals surface area contributed by atoms with Crippen LogP contribution in [0, 0.1) is 5.92 Å². The van der Waals surface area contributed by atoms with Gasteiger partial charge in [-0.2, -0.15) is 0 Å². The molecule has 0 aromatic heterocycles. The van der Waals surface area contributed by atoms with Crippen LogP contribution in [-0.4, -0.2) is 51.1 Å². The molecule has 0 bridgehead atoms. The maximum atomic E-state index is 11.3. The third kappa shape index (κ3) is 4.46. The zero-order chi connectivity index (χ0) is 12.2. The zero-order valence-electron chi connectivity index (χ0n) is 9.48. The van der Waals surface area contributed by atoms with Gasteiger partial charge in [-0.05, 0) is 25.3 Å². The van der Waals surface area contributed by atoms with Crippen LogP contribution < -0.4 is 11.1 Å². The molecule has 16 heavy (non-hydrogen) atoms. The Morgan fingerprint density at radius 2 is 2.25 bits per heavy atom. The van der Waals surface area contributed by atoms with E-state index in [1.165, 1.54) is 10.6 Å². The van der Waals surface area contributed by atoms with Crippen LogP contribution in [-0.2, 0) is 14.8 Å². The number of hydrogen-bond acceptors (Lipinski definition) is 4. The minimum Gasteiger partial charge on any atom is -0.369 e. The number of amides is 1. The molecule has 0 aliphatic carbocycles. The Hall–Kier alpha value is -0.660. The second kappa shape index (κ2) is 5.60. The highest BCUT2D eigenvalue weighted by atomic mass is 32.2. The quantitative estimate of drug-likeness (QED) is 0.635. The molecule has 0 aromatic carbocycles. The standard InChI is InChI=1S/C9H19N3O3S/c1-16(14,15)12-4-2-3-8(7-12)5-11-6-9(10)13/h8,11H,2-7H2,1H3,(H2,10,13). The highest BCUT2D eigenvalue weighted by Crippen LogP contribution is 2.17. The van der Waals surface area contributed by atoms with Crippen molar-refractivity contribution >= 4 is 15.9 Å². The molecule has 0 radical (unpaired) electrons. The molecule has 6 nitrogen and oxygen atoms in total.